The van der Waals surface area contributed by atoms with Gasteiger partial charge < -0.3 is 0 Å². The molecule has 0 aromatic rings. The summed E-state index contributed by atoms with van der Waals surface area (Å²) >= 11 is 13.3. The Morgan fingerprint density at radius 3 is 2.77 bits per heavy atom. The van der Waals surface area contributed by atoms with Crippen LogP contribution in [-0.2, 0) is 0 Å². The van der Waals surface area contributed by atoms with E-state index in [-0.39, 0.29) is 10.8 Å². The van der Waals surface area contributed by atoms with Crippen molar-refractivity contribution in [2.75, 3.05) is 0 Å². The highest BCUT2D eigenvalue weighted by molar-refractivity contribution is 9.11. The highest BCUT2D eigenvalue weighted by Crippen LogP contribution is 2.43. The lowest BCUT2D eigenvalue weighted by molar-refractivity contribution is 0.348. The first-order valence-electron chi connectivity index (χ1n) is 4.25. The van der Waals surface area contributed by atoms with Gasteiger partial charge in [0.15, 0.2) is 0 Å². The molecule has 0 bridgehead atoms. The van der Waals surface area contributed by atoms with Crippen molar-refractivity contribution in [1.82, 2.24) is 0 Å². The van der Waals surface area contributed by atoms with E-state index in [1.807, 2.05) is 11.1 Å². The topological polar surface area (TPSA) is 0 Å². The van der Waals surface area contributed by atoms with E-state index in [0.29, 0.717) is 4.83 Å². The van der Waals surface area contributed by atoms with Gasteiger partial charge in [0.05, 0.1) is 5.38 Å². The molecular formula is C10H13Br2Cl. The Morgan fingerprint density at radius 1 is 1.62 bits per heavy atom. The van der Waals surface area contributed by atoms with E-state index in [9.17, 15) is 0 Å². The maximum Gasteiger partial charge on any atom is 0.0644 e. The molecule has 0 aromatic carbocycles. The van der Waals surface area contributed by atoms with Gasteiger partial charge in [-0.1, -0.05) is 57.9 Å². The average Bonchev–Trinajstić information content (AvgIpc) is 2.08. The van der Waals surface area contributed by atoms with Crippen LogP contribution in [0.3, 0.4) is 0 Å². The summed E-state index contributed by atoms with van der Waals surface area (Å²) in [6, 6.07) is 0. The largest absolute Gasteiger partial charge is 0.117 e. The number of halogens is 3. The fraction of sp³-hybridized carbons (Fsp3) is 0.600. The van der Waals surface area contributed by atoms with Gasteiger partial charge >= 0.3 is 0 Å². The van der Waals surface area contributed by atoms with Crippen molar-refractivity contribution in [3.63, 3.8) is 0 Å². The second-order valence-electron chi connectivity index (χ2n) is 3.88. The minimum atomic E-state index is 0.0828. The number of hydrogen-bond donors (Lipinski definition) is 0. The SMILES string of the molecule is CC1(C)[C@@H](Br)CC=C(/C=C/Br)[C@@H]1Cl. The molecule has 0 N–H and O–H groups in total. The molecule has 0 nitrogen and oxygen atoms in total. The van der Waals surface area contributed by atoms with E-state index < -0.39 is 0 Å². The molecule has 1 rings (SSSR count). The molecule has 3 heteroatoms. The lowest BCUT2D eigenvalue weighted by Crippen LogP contribution is -2.37. The number of hydrogen-bond acceptors (Lipinski definition) is 0. The zero-order valence-corrected chi connectivity index (χ0v) is 11.7. The van der Waals surface area contributed by atoms with Crippen LogP contribution in [-0.4, -0.2) is 10.2 Å². The molecule has 0 radical (unpaired) electrons. The number of alkyl halides is 2. The fourth-order valence-electron chi connectivity index (χ4n) is 1.46. The van der Waals surface area contributed by atoms with Gasteiger partial charge in [0, 0.05) is 4.83 Å². The minimum absolute atomic E-state index is 0.0828. The summed E-state index contributed by atoms with van der Waals surface area (Å²) in [5, 5.41) is 0.0828. The Hall–Kier alpha value is 0.730. The van der Waals surface area contributed by atoms with Crippen molar-refractivity contribution in [2.45, 2.75) is 30.5 Å². The Balaban J connectivity index is 2.92. The molecule has 0 saturated heterocycles. The maximum absolute atomic E-state index is 6.38. The summed E-state index contributed by atoms with van der Waals surface area (Å²) < 4.78 is 0. The molecule has 0 spiro atoms. The monoisotopic (exact) mass is 326 g/mol. The quantitative estimate of drug-likeness (QED) is 0.616. The second kappa shape index (κ2) is 4.50. The Morgan fingerprint density at radius 2 is 2.23 bits per heavy atom. The fourth-order valence-corrected chi connectivity index (χ4v) is 2.68. The van der Waals surface area contributed by atoms with Crippen LogP contribution in [0, 0.1) is 5.41 Å². The molecule has 13 heavy (non-hydrogen) atoms. The van der Waals surface area contributed by atoms with Crippen LogP contribution in [0.1, 0.15) is 20.3 Å². The van der Waals surface area contributed by atoms with Crippen LogP contribution in [0.15, 0.2) is 22.7 Å². The maximum atomic E-state index is 6.38. The number of allylic oxidation sites excluding steroid dienone is 3. The van der Waals surface area contributed by atoms with Crippen molar-refractivity contribution in [1.29, 1.82) is 0 Å². The molecule has 0 heterocycles. The van der Waals surface area contributed by atoms with Crippen molar-refractivity contribution >= 4 is 43.5 Å². The summed E-state index contributed by atoms with van der Waals surface area (Å²) in [6.07, 6.45) is 5.27. The Labute approximate surface area is 102 Å². The van der Waals surface area contributed by atoms with Gasteiger partial charge in [-0.25, -0.2) is 0 Å². The molecule has 2 atom stereocenters. The molecule has 1 aliphatic rings. The zero-order chi connectivity index (χ0) is 10.1. The van der Waals surface area contributed by atoms with E-state index >= 15 is 0 Å². The van der Waals surface area contributed by atoms with Crippen molar-refractivity contribution in [2.24, 2.45) is 5.41 Å². The highest BCUT2D eigenvalue weighted by atomic mass is 79.9. The van der Waals surface area contributed by atoms with Crippen LogP contribution in [0.4, 0.5) is 0 Å². The summed E-state index contributed by atoms with van der Waals surface area (Å²) in [5.41, 5.74) is 1.32. The standard InChI is InChI=1S/C10H13Br2Cl/c1-10(2)8(12)4-3-7(5-6-11)9(10)13/h3,5-6,8-9H,4H2,1-2H3/b6-5+/t8-,9-/m0/s1. The van der Waals surface area contributed by atoms with E-state index in [1.54, 1.807) is 0 Å². The van der Waals surface area contributed by atoms with Gasteiger partial charge in [-0.3, -0.25) is 0 Å². The van der Waals surface area contributed by atoms with E-state index in [1.165, 1.54) is 5.57 Å². The molecule has 0 saturated carbocycles. The van der Waals surface area contributed by atoms with E-state index in [0.717, 1.165) is 6.42 Å². The second-order valence-corrected chi connectivity index (χ2v) is 5.95. The van der Waals surface area contributed by atoms with Gasteiger partial charge in [-0.2, -0.15) is 0 Å². The summed E-state index contributed by atoms with van der Waals surface area (Å²) in [4.78, 5) is 2.33. The molecule has 0 fully saturated rings. The Kier molecular flexibility index (Phi) is 4.09. The molecule has 0 amide bonds. The molecule has 1 aliphatic carbocycles. The summed E-state index contributed by atoms with van der Waals surface area (Å²) in [6.45, 7) is 4.39. The van der Waals surface area contributed by atoms with Gasteiger partial charge in [0.1, 0.15) is 0 Å². The van der Waals surface area contributed by atoms with Crippen LogP contribution in [0.5, 0.6) is 0 Å². The average molecular weight is 328 g/mol. The molecule has 0 aliphatic heterocycles. The van der Waals surface area contributed by atoms with Gasteiger partial charge in [0.25, 0.3) is 0 Å². The van der Waals surface area contributed by atoms with Gasteiger partial charge in [0.2, 0.25) is 0 Å². The van der Waals surface area contributed by atoms with E-state index in [4.69, 9.17) is 11.6 Å². The molecular weight excluding hydrogens is 315 g/mol. The van der Waals surface area contributed by atoms with Gasteiger partial charge in [-0.05, 0) is 22.4 Å². The third-order valence-corrected chi connectivity index (χ3v) is 5.20. The lowest BCUT2D eigenvalue weighted by atomic mass is 9.77. The summed E-state index contributed by atoms with van der Waals surface area (Å²) in [5.74, 6) is 0. The van der Waals surface area contributed by atoms with E-state index in [2.05, 4.69) is 51.8 Å². The van der Waals surface area contributed by atoms with Crippen molar-refractivity contribution in [3.05, 3.63) is 22.7 Å². The first-order chi connectivity index (χ1) is 6.00. The molecule has 0 aromatic heterocycles. The zero-order valence-electron chi connectivity index (χ0n) is 7.73. The first kappa shape index (κ1) is 11.8. The predicted molar refractivity (Wildman–Crippen MR) is 66.9 cm³/mol. The van der Waals surface area contributed by atoms with Crippen molar-refractivity contribution < 1.29 is 0 Å². The first-order valence-corrected chi connectivity index (χ1v) is 6.52. The third-order valence-electron chi connectivity index (χ3n) is 2.57. The summed E-state index contributed by atoms with van der Waals surface area (Å²) in [7, 11) is 0. The minimum Gasteiger partial charge on any atom is -0.117 e. The number of rotatable bonds is 1. The van der Waals surface area contributed by atoms with Crippen LogP contribution < -0.4 is 0 Å². The molecule has 0 unspecified atom stereocenters. The van der Waals surface area contributed by atoms with Crippen LogP contribution in [0.2, 0.25) is 0 Å². The highest BCUT2D eigenvalue weighted by Gasteiger charge is 2.38. The van der Waals surface area contributed by atoms with Crippen LogP contribution >= 0.6 is 43.5 Å². The van der Waals surface area contributed by atoms with Crippen molar-refractivity contribution in [3.8, 4) is 0 Å². The third kappa shape index (κ3) is 2.40. The normalized spacial score (nSPS) is 33.5. The smallest absolute Gasteiger partial charge is 0.0644 e. The lowest BCUT2D eigenvalue weighted by Gasteiger charge is -2.38. The Bertz CT molecular complexity index is 243. The van der Waals surface area contributed by atoms with Crippen LogP contribution in [0.25, 0.3) is 0 Å². The predicted octanol–water partition coefficient (Wildman–Crippen LogP) is 4.62. The van der Waals surface area contributed by atoms with Gasteiger partial charge in [-0.15, -0.1) is 11.6 Å². The molecule has 74 valence electrons.